The van der Waals surface area contributed by atoms with Crippen molar-refractivity contribution in [2.75, 3.05) is 0 Å². The summed E-state index contributed by atoms with van der Waals surface area (Å²) in [7, 11) is 0. The van der Waals surface area contributed by atoms with E-state index in [1.807, 2.05) is 0 Å². The van der Waals surface area contributed by atoms with E-state index in [2.05, 4.69) is 15.4 Å². The van der Waals surface area contributed by atoms with Crippen molar-refractivity contribution in [1.29, 1.82) is 0 Å². The molecule has 0 atom stereocenters. The second-order valence-electron chi connectivity index (χ2n) is 4.64. The van der Waals surface area contributed by atoms with Crippen LogP contribution in [0.1, 0.15) is 24.4 Å². The molecule has 0 unspecified atom stereocenters. The number of H-pyrrole nitrogens is 1. The molecule has 1 aromatic carbocycles. The first-order chi connectivity index (χ1) is 10.1. The maximum Gasteiger partial charge on any atom is 0.344 e. The number of nitrogens with one attached hydrogen (secondary N) is 1. The fraction of sp³-hybridized carbons (Fsp3) is 0.250. The average molecular weight is 326 g/mol. The van der Waals surface area contributed by atoms with Crippen molar-refractivity contribution < 1.29 is 5.21 Å². The van der Waals surface area contributed by atoms with E-state index in [-0.39, 0.29) is 17.6 Å². The molecule has 0 saturated heterocycles. The number of oxime groups is 1. The molecule has 1 aliphatic carbocycles. The number of aromatic nitrogens is 3. The highest BCUT2D eigenvalue weighted by Gasteiger charge is 2.29. The van der Waals surface area contributed by atoms with Crippen molar-refractivity contribution >= 4 is 29.2 Å². The Morgan fingerprint density at radius 1 is 1.57 bits per heavy atom. The van der Waals surface area contributed by atoms with Crippen LogP contribution in [-0.2, 0) is 0 Å². The Labute approximate surface area is 128 Å². The second kappa shape index (κ2) is 5.45. The van der Waals surface area contributed by atoms with Gasteiger partial charge in [-0.05, 0) is 42.8 Å². The van der Waals surface area contributed by atoms with Gasteiger partial charge < -0.3 is 10.9 Å². The maximum atomic E-state index is 11.8. The lowest BCUT2D eigenvalue weighted by atomic mass is 10.2. The molecule has 0 amide bonds. The Kier molecular flexibility index (Phi) is 3.64. The molecule has 0 radical (unpaired) electrons. The van der Waals surface area contributed by atoms with Crippen LogP contribution in [0, 0.1) is 0 Å². The van der Waals surface area contributed by atoms with Crippen LogP contribution in [0.4, 0.5) is 0 Å². The molecule has 110 valence electrons. The number of nitrogens with zero attached hydrogens (tertiary/aromatic N) is 3. The summed E-state index contributed by atoms with van der Waals surface area (Å²) in [6, 6.07) is 5.20. The summed E-state index contributed by atoms with van der Waals surface area (Å²) >= 11 is 7.25. The number of halogens is 1. The lowest BCUT2D eigenvalue weighted by molar-refractivity contribution is 0.318. The van der Waals surface area contributed by atoms with E-state index in [1.165, 1.54) is 11.8 Å². The van der Waals surface area contributed by atoms with Gasteiger partial charge in [-0.15, -0.1) is 5.10 Å². The first kappa shape index (κ1) is 14.0. The van der Waals surface area contributed by atoms with Crippen LogP contribution in [0.5, 0.6) is 0 Å². The van der Waals surface area contributed by atoms with Crippen molar-refractivity contribution in [2.45, 2.75) is 28.9 Å². The summed E-state index contributed by atoms with van der Waals surface area (Å²) in [6.07, 6.45) is 1.94. The van der Waals surface area contributed by atoms with E-state index in [0.29, 0.717) is 20.6 Å². The lowest BCUT2D eigenvalue weighted by Crippen LogP contribution is -2.16. The minimum absolute atomic E-state index is 0.0231. The van der Waals surface area contributed by atoms with E-state index in [1.54, 1.807) is 22.8 Å². The Morgan fingerprint density at radius 2 is 2.33 bits per heavy atom. The molecule has 21 heavy (non-hydrogen) atoms. The normalized spacial score (nSPS) is 15.4. The monoisotopic (exact) mass is 325 g/mol. The minimum atomic E-state index is -0.229. The largest absolute Gasteiger partial charge is 0.409 e. The van der Waals surface area contributed by atoms with Crippen molar-refractivity contribution in [3.8, 4) is 0 Å². The fourth-order valence-corrected chi connectivity index (χ4v) is 3.28. The summed E-state index contributed by atoms with van der Waals surface area (Å²) in [5.41, 5.74) is 5.96. The Morgan fingerprint density at radius 3 is 3.00 bits per heavy atom. The molecule has 3 rings (SSSR count). The zero-order chi connectivity index (χ0) is 15.0. The predicted molar refractivity (Wildman–Crippen MR) is 79.2 cm³/mol. The lowest BCUT2D eigenvalue weighted by Gasteiger charge is -2.08. The molecule has 0 spiro atoms. The molecule has 1 fully saturated rings. The highest BCUT2D eigenvalue weighted by atomic mass is 35.5. The number of rotatable bonds is 4. The van der Waals surface area contributed by atoms with Gasteiger partial charge in [0.25, 0.3) is 0 Å². The standard InChI is InChI=1S/C12H12ClN5O2S/c13-6-1-4-8(10(14)17-20)9(5-6)21-12-16-15-11(19)18(12)7-2-3-7/h1,4-5,7,20H,2-3H2,(H2,14,17)(H,15,19). The number of nitrogens with two attached hydrogens (primary N) is 1. The van der Waals surface area contributed by atoms with Crippen LogP contribution in [-0.4, -0.2) is 25.8 Å². The molecular formula is C12H12ClN5O2S. The number of hydrogen-bond acceptors (Lipinski definition) is 5. The molecule has 1 aromatic heterocycles. The van der Waals surface area contributed by atoms with Gasteiger partial charge in [-0.3, -0.25) is 4.57 Å². The molecule has 1 saturated carbocycles. The van der Waals surface area contributed by atoms with Crippen LogP contribution in [0.3, 0.4) is 0 Å². The van der Waals surface area contributed by atoms with E-state index >= 15 is 0 Å². The van der Waals surface area contributed by atoms with E-state index in [9.17, 15) is 4.79 Å². The molecular weight excluding hydrogens is 314 g/mol. The molecule has 0 aliphatic heterocycles. The van der Waals surface area contributed by atoms with Crippen LogP contribution in [0.25, 0.3) is 0 Å². The third kappa shape index (κ3) is 2.77. The first-order valence-electron chi connectivity index (χ1n) is 6.22. The van der Waals surface area contributed by atoms with Crippen molar-refractivity contribution in [2.24, 2.45) is 10.9 Å². The topological polar surface area (TPSA) is 109 Å². The van der Waals surface area contributed by atoms with Crippen molar-refractivity contribution in [3.63, 3.8) is 0 Å². The smallest absolute Gasteiger partial charge is 0.344 e. The maximum absolute atomic E-state index is 11.8. The number of benzene rings is 1. The van der Waals surface area contributed by atoms with Gasteiger partial charge in [-0.1, -0.05) is 16.8 Å². The van der Waals surface area contributed by atoms with Gasteiger partial charge in [-0.25, -0.2) is 9.89 Å². The minimum Gasteiger partial charge on any atom is -0.409 e. The molecule has 9 heteroatoms. The summed E-state index contributed by atoms with van der Waals surface area (Å²) in [5.74, 6) is -0.0231. The first-order valence-corrected chi connectivity index (χ1v) is 7.42. The Balaban J connectivity index is 2.02. The highest BCUT2D eigenvalue weighted by molar-refractivity contribution is 7.99. The van der Waals surface area contributed by atoms with Crippen LogP contribution < -0.4 is 11.4 Å². The van der Waals surface area contributed by atoms with Crippen LogP contribution in [0.15, 0.2) is 38.2 Å². The zero-order valence-corrected chi connectivity index (χ0v) is 12.4. The van der Waals surface area contributed by atoms with Crippen LogP contribution >= 0.6 is 23.4 Å². The van der Waals surface area contributed by atoms with Gasteiger partial charge in [0.2, 0.25) is 0 Å². The molecule has 1 aliphatic rings. The van der Waals surface area contributed by atoms with Gasteiger partial charge in [0.15, 0.2) is 11.0 Å². The van der Waals surface area contributed by atoms with Crippen molar-refractivity contribution in [1.82, 2.24) is 14.8 Å². The third-order valence-corrected chi connectivity index (χ3v) is 4.38. The van der Waals surface area contributed by atoms with Gasteiger partial charge in [0.1, 0.15) is 0 Å². The summed E-state index contributed by atoms with van der Waals surface area (Å²) < 4.78 is 1.63. The number of hydrogen-bond donors (Lipinski definition) is 3. The summed E-state index contributed by atoms with van der Waals surface area (Å²) in [4.78, 5) is 12.4. The van der Waals surface area contributed by atoms with E-state index in [0.717, 1.165) is 12.8 Å². The van der Waals surface area contributed by atoms with Crippen molar-refractivity contribution in [3.05, 3.63) is 39.3 Å². The molecule has 4 N–H and O–H groups in total. The quantitative estimate of drug-likeness (QED) is 0.344. The van der Waals surface area contributed by atoms with E-state index < -0.39 is 0 Å². The molecule has 1 heterocycles. The van der Waals surface area contributed by atoms with E-state index in [4.69, 9.17) is 22.5 Å². The zero-order valence-electron chi connectivity index (χ0n) is 10.8. The SMILES string of the molecule is NC(=NO)c1ccc(Cl)cc1Sc1n[nH]c(=O)n1C1CC1. The van der Waals surface area contributed by atoms with Crippen LogP contribution in [0.2, 0.25) is 5.02 Å². The number of amidine groups is 1. The Bertz CT molecular complexity index is 765. The molecule has 7 nitrogen and oxygen atoms in total. The van der Waals surface area contributed by atoms with Gasteiger partial charge in [-0.2, -0.15) is 0 Å². The average Bonchev–Trinajstić information content (AvgIpc) is 3.23. The third-order valence-electron chi connectivity index (χ3n) is 3.11. The summed E-state index contributed by atoms with van der Waals surface area (Å²) in [6.45, 7) is 0. The number of aromatic amines is 1. The second-order valence-corrected chi connectivity index (χ2v) is 6.09. The van der Waals surface area contributed by atoms with Gasteiger partial charge >= 0.3 is 5.69 Å². The molecule has 0 bridgehead atoms. The van der Waals surface area contributed by atoms with Gasteiger partial charge in [0.05, 0.1) is 0 Å². The molecule has 2 aromatic rings. The summed E-state index contributed by atoms with van der Waals surface area (Å²) in [5, 5.41) is 19.4. The fourth-order valence-electron chi connectivity index (χ4n) is 1.96. The predicted octanol–water partition coefficient (Wildman–Crippen LogP) is 1.81. The highest BCUT2D eigenvalue weighted by Crippen LogP contribution is 2.38. The van der Waals surface area contributed by atoms with Gasteiger partial charge in [0, 0.05) is 21.5 Å². The Hall–Kier alpha value is -1.93.